The molecular formula is C16H27N. The molecule has 0 saturated carbocycles. The van der Waals surface area contributed by atoms with E-state index in [2.05, 4.69) is 57.4 Å². The molecule has 0 aliphatic carbocycles. The van der Waals surface area contributed by atoms with E-state index in [1.54, 1.807) is 0 Å². The van der Waals surface area contributed by atoms with E-state index in [1.165, 1.54) is 36.8 Å². The molecule has 1 rings (SSSR count). The average Bonchev–Trinajstić information content (AvgIpc) is 2.34. The van der Waals surface area contributed by atoms with Gasteiger partial charge >= 0.3 is 0 Å². The van der Waals surface area contributed by atoms with Gasteiger partial charge in [0.25, 0.3) is 0 Å². The lowest BCUT2D eigenvalue weighted by molar-refractivity contribution is 0.339. The van der Waals surface area contributed by atoms with Gasteiger partial charge in [0.2, 0.25) is 0 Å². The number of hydrogen-bond acceptors (Lipinski definition) is 1. The van der Waals surface area contributed by atoms with E-state index in [1.807, 2.05) is 0 Å². The van der Waals surface area contributed by atoms with Crippen LogP contribution in [-0.4, -0.2) is 7.05 Å². The first-order valence-corrected chi connectivity index (χ1v) is 6.96. The zero-order valence-electron chi connectivity index (χ0n) is 11.8. The van der Waals surface area contributed by atoms with Gasteiger partial charge in [0.1, 0.15) is 0 Å². The third-order valence-electron chi connectivity index (χ3n) is 3.64. The highest BCUT2D eigenvalue weighted by Gasteiger charge is 2.19. The molecule has 0 saturated heterocycles. The predicted octanol–water partition coefficient (Wildman–Crippen LogP) is 4.47. The Morgan fingerprint density at radius 2 is 2.00 bits per heavy atom. The Hall–Kier alpha value is -0.820. The second kappa shape index (κ2) is 7.50. The van der Waals surface area contributed by atoms with Crippen molar-refractivity contribution in [3.05, 3.63) is 35.4 Å². The maximum atomic E-state index is 3.51. The molecule has 0 spiro atoms. The molecule has 0 heterocycles. The fourth-order valence-electron chi connectivity index (χ4n) is 2.61. The molecule has 1 N–H and O–H groups in total. The Kier molecular flexibility index (Phi) is 6.28. The highest BCUT2D eigenvalue weighted by Crippen LogP contribution is 2.29. The summed E-state index contributed by atoms with van der Waals surface area (Å²) in [6, 6.07) is 9.41. The van der Waals surface area contributed by atoms with Gasteiger partial charge in [0, 0.05) is 6.04 Å². The summed E-state index contributed by atoms with van der Waals surface area (Å²) >= 11 is 0. The van der Waals surface area contributed by atoms with Gasteiger partial charge in [-0.25, -0.2) is 0 Å². The molecule has 0 aliphatic rings. The molecule has 0 aliphatic heterocycles. The van der Waals surface area contributed by atoms with Crippen LogP contribution in [0.3, 0.4) is 0 Å². The van der Waals surface area contributed by atoms with Crippen LogP contribution in [0.5, 0.6) is 0 Å². The number of unbranched alkanes of at least 4 members (excludes halogenated alkanes) is 1. The molecule has 1 aromatic rings. The SMILES string of the molecule is CCCCC(CC)C(NC)c1cccc(C)c1. The molecule has 0 fully saturated rings. The lowest BCUT2D eigenvalue weighted by atomic mass is 9.86. The second-order valence-corrected chi connectivity index (χ2v) is 4.99. The zero-order chi connectivity index (χ0) is 12.7. The molecule has 1 heteroatoms. The summed E-state index contributed by atoms with van der Waals surface area (Å²) in [5.74, 6) is 0.752. The maximum Gasteiger partial charge on any atom is 0.0346 e. The van der Waals surface area contributed by atoms with Crippen molar-refractivity contribution >= 4 is 0 Å². The van der Waals surface area contributed by atoms with Gasteiger partial charge < -0.3 is 5.32 Å². The van der Waals surface area contributed by atoms with Crippen LogP contribution in [0.15, 0.2) is 24.3 Å². The summed E-state index contributed by atoms with van der Waals surface area (Å²) in [4.78, 5) is 0. The highest BCUT2D eigenvalue weighted by molar-refractivity contribution is 5.25. The summed E-state index contributed by atoms with van der Waals surface area (Å²) in [6.45, 7) is 6.75. The van der Waals surface area contributed by atoms with Gasteiger partial charge in [-0.3, -0.25) is 0 Å². The Morgan fingerprint density at radius 1 is 1.24 bits per heavy atom. The largest absolute Gasteiger partial charge is 0.313 e. The van der Waals surface area contributed by atoms with Crippen molar-refractivity contribution in [2.45, 2.75) is 52.5 Å². The van der Waals surface area contributed by atoms with Crippen LogP contribution in [0.25, 0.3) is 0 Å². The van der Waals surface area contributed by atoms with Crippen molar-refractivity contribution in [1.82, 2.24) is 5.32 Å². The standard InChI is InChI=1S/C16H27N/c1-5-7-10-14(6-2)16(17-4)15-11-8-9-13(3)12-15/h8-9,11-12,14,16-17H,5-7,10H2,1-4H3. The molecule has 0 aromatic heterocycles. The third-order valence-corrected chi connectivity index (χ3v) is 3.64. The molecule has 1 nitrogen and oxygen atoms in total. The fraction of sp³-hybridized carbons (Fsp3) is 0.625. The lowest BCUT2D eigenvalue weighted by Crippen LogP contribution is -2.25. The van der Waals surface area contributed by atoms with Gasteiger partial charge in [-0.15, -0.1) is 0 Å². The van der Waals surface area contributed by atoms with Crippen LogP contribution in [-0.2, 0) is 0 Å². The summed E-state index contributed by atoms with van der Waals surface area (Å²) in [7, 11) is 2.08. The average molecular weight is 233 g/mol. The molecule has 0 amide bonds. The summed E-state index contributed by atoms with van der Waals surface area (Å²) in [5, 5.41) is 3.51. The van der Waals surface area contributed by atoms with Gasteiger partial charge in [-0.2, -0.15) is 0 Å². The van der Waals surface area contributed by atoms with Gasteiger partial charge in [0.05, 0.1) is 0 Å². The number of benzene rings is 1. The summed E-state index contributed by atoms with van der Waals surface area (Å²) < 4.78 is 0. The Balaban J connectivity index is 2.81. The molecule has 1 aromatic carbocycles. The first-order chi connectivity index (χ1) is 8.22. The van der Waals surface area contributed by atoms with Crippen molar-refractivity contribution in [3.8, 4) is 0 Å². The molecule has 0 radical (unpaired) electrons. The van der Waals surface area contributed by atoms with Crippen molar-refractivity contribution in [1.29, 1.82) is 0 Å². The monoisotopic (exact) mass is 233 g/mol. The van der Waals surface area contributed by atoms with Gasteiger partial charge in [-0.1, -0.05) is 62.9 Å². The van der Waals surface area contributed by atoms with Crippen LogP contribution in [0, 0.1) is 12.8 Å². The first kappa shape index (κ1) is 14.2. The van der Waals surface area contributed by atoms with Crippen molar-refractivity contribution in [3.63, 3.8) is 0 Å². The Labute approximate surface area is 107 Å². The predicted molar refractivity (Wildman–Crippen MR) is 76.3 cm³/mol. The van der Waals surface area contributed by atoms with Crippen molar-refractivity contribution < 1.29 is 0 Å². The minimum absolute atomic E-state index is 0.506. The molecule has 17 heavy (non-hydrogen) atoms. The summed E-state index contributed by atoms with van der Waals surface area (Å²) in [5.41, 5.74) is 2.79. The molecule has 2 atom stereocenters. The first-order valence-electron chi connectivity index (χ1n) is 6.96. The second-order valence-electron chi connectivity index (χ2n) is 4.99. The van der Waals surface area contributed by atoms with E-state index in [-0.39, 0.29) is 0 Å². The van der Waals surface area contributed by atoms with Crippen LogP contribution >= 0.6 is 0 Å². The zero-order valence-corrected chi connectivity index (χ0v) is 11.8. The quantitative estimate of drug-likeness (QED) is 0.732. The van der Waals surface area contributed by atoms with Crippen LogP contribution in [0.2, 0.25) is 0 Å². The number of aryl methyl sites for hydroxylation is 1. The molecule has 2 unspecified atom stereocenters. The van der Waals surface area contributed by atoms with E-state index < -0.39 is 0 Å². The van der Waals surface area contributed by atoms with Gasteiger partial charge in [-0.05, 0) is 31.9 Å². The number of nitrogens with one attached hydrogen (secondary N) is 1. The topological polar surface area (TPSA) is 12.0 Å². The van der Waals surface area contributed by atoms with E-state index in [0.717, 1.165) is 5.92 Å². The van der Waals surface area contributed by atoms with E-state index in [0.29, 0.717) is 6.04 Å². The molecule has 96 valence electrons. The maximum absolute atomic E-state index is 3.51. The lowest BCUT2D eigenvalue weighted by Gasteiger charge is -2.26. The van der Waals surface area contributed by atoms with E-state index in [9.17, 15) is 0 Å². The molecular weight excluding hydrogens is 206 g/mol. The van der Waals surface area contributed by atoms with E-state index in [4.69, 9.17) is 0 Å². The smallest absolute Gasteiger partial charge is 0.0346 e. The van der Waals surface area contributed by atoms with E-state index >= 15 is 0 Å². The minimum atomic E-state index is 0.506. The van der Waals surface area contributed by atoms with Crippen LogP contribution < -0.4 is 5.32 Å². The van der Waals surface area contributed by atoms with Crippen LogP contribution in [0.1, 0.15) is 56.7 Å². The highest BCUT2D eigenvalue weighted by atomic mass is 14.9. The Morgan fingerprint density at radius 3 is 2.53 bits per heavy atom. The summed E-state index contributed by atoms with van der Waals surface area (Å²) in [6.07, 6.45) is 5.20. The van der Waals surface area contributed by atoms with Crippen molar-refractivity contribution in [2.24, 2.45) is 5.92 Å². The normalized spacial score (nSPS) is 14.6. The molecule has 0 bridgehead atoms. The third kappa shape index (κ3) is 4.16. The number of rotatable bonds is 7. The van der Waals surface area contributed by atoms with Crippen molar-refractivity contribution in [2.75, 3.05) is 7.05 Å². The van der Waals surface area contributed by atoms with Crippen LogP contribution in [0.4, 0.5) is 0 Å². The minimum Gasteiger partial charge on any atom is -0.313 e. The fourth-order valence-corrected chi connectivity index (χ4v) is 2.61. The van der Waals surface area contributed by atoms with Gasteiger partial charge in [0.15, 0.2) is 0 Å². The Bertz CT molecular complexity index is 319. The number of hydrogen-bond donors (Lipinski definition) is 1.